The van der Waals surface area contributed by atoms with Crippen LogP contribution in [0.15, 0.2) is 24.4 Å². The van der Waals surface area contributed by atoms with Crippen molar-refractivity contribution in [2.75, 3.05) is 13.1 Å². The molecular formula is C17H23N3O. The lowest BCUT2D eigenvalue weighted by atomic mass is 10.00. The van der Waals surface area contributed by atoms with E-state index in [4.69, 9.17) is 0 Å². The molecule has 1 aliphatic heterocycles. The van der Waals surface area contributed by atoms with Crippen molar-refractivity contribution in [3.05, 3.63) is 30.0 Å². The van der Waals surface area contributed by atoms with E-state index in [1.165, 1.54) is 12.0 Å². The van der Waals surface area contributed by atoms with E-state index in [9.17, 15) is 4.79 Å². The number of hydrogen-bond acceptors (Lipinski definition) is 2. The molecule has 1 amide bonds. The average molecular weight is 285 g/mol. The van der Waals surface area contributed by atoms with Gasteiger partial charge in [-0.25, -0.2) is 0 Å². The predicted octanol–water partition coefficient (Wildman–Crippen LogP) is 2.99. The quantitative estimate of drug-likeness (QED) is 0.869. The average Bonchev–Trinajstić information content (AvgIpc) is 2.87. The highest BCUT2D eigenvalue weighted by atomic mass is 16.2. The fraction of sp³-hybridized carbons (Fsp3) is 0.529. The molecule has 1 aromatic carbocycles. The Bertz CT molecular complexity index is 647. The summed E-state index contributed by atoms with van der Waals surface area (Å²) in [6.45, 7) is 6.80. The van der Waals surface area contributed by atoms with E-state index in [1.807, 2.05) is 15.8 Å². The van der Waals surface area contributed by atoms with Crippen LogP contribution in [0.1, 0.15) is 31.7 Å². The van der Waals surface area contributed by atoms with Crippen LogP contribution in [0.25, 0.3) is 10.9 Å². The minimum absolute atomic E-state index is 0.261. The Morgan fingerprint density at radius 3 is 3.10 bits per heavy atom. The smallest absolute Gasteiger partial charge is 0.224 e. The van der Waals surface area contributed by atoms with Crippen LogP contribution in [0.2, 0.25) is 0 Å². The Kier molecular flexibility index (Phi) is 3.95. The van der Waals surface area contributed by atoms with Gasteiger partial charge in [-0.15, -0.1) is 0 Å². The van der Waals surface area contributed by atoms with Crippen molar-refractivity contribution >= 4 is 16.8 Å². The predicted molar refractivity (Wildman–Crippen MR) is 84.1 cm³/mol. The van der Waals surface area contributed by atoms with Crippen molar-refractivity contribution in [2.45, 2.75) is 39.7 Å². The second kappa shape index (κ2) is 5.88. The van der Waals surface area contributed by atoms with Gasteiger partial charge < -0.3 is 4.90 Å². The van der Waals surface area contributed by atoms with Crippen molar-refractivity contribution in [3.63, 3.8) is 0 Å². The van der Waals surface area contributed by atoms with Crippen molar-refractivity contribution in [3.8, 4) is 0 Å². The number of fused-ring (bicyclic) bond motifs is 1. The zero-order chi connectivity index (χ0) is 14.8. The third-order valence-electron chi connectivity index (χ3n) is 4.34. The van der Waals surface area contributed by atoms with Crippen molar-refractivity contribution < 1.29 is 4.79 Å². The number of carbonyl (C=O) groups excluding carboxylic acids is 1. The number of aryl methyl sites for hydroxylation is 2. The number of piperidine rings is 1. The Balaban J connectivity index is 1.64. The van der Waals surface area contributed by atoms with Gasteiger partial charge in [0.15, 0.2) is 0 Å². The molecule has 1 saturated heterocycles. The van der Waals surface area contributed by atoms with Gasteiger partial charge in [-0.3, -0.25) is 9.48 Å². The molecule has 2 aromatic rings. The summed E-state index contributed by atoms with van der Waals surface area (Å²) in [7, 11) is 0. The zero-order valence-corrected chi connectivity index (χ0v) is 12.9. The van der Waals surface area contributed by atoms with Gasteiger partial charge in [0.1, 0.15) is 0 Å². The molecule has 0 spiro atoms. The number of nitrogens with zero attached hydrogens (tertiary/aromatic N) is 3. The lowest BCUT2D eigenvalue weighted by Gasteiger charge is -2.31. The summed E-state index contributed by atoms with van der Waals surface area (Å²) in [5, 5.41) is 5.56. The number of carbonyl (C=O) groups is 1. The Labute approximate surface area is 125 Å². The van der Waals surface area contributed by atoms with Crippen LogP contribution in [-0.2, 0) is 11.3 Å². The summed E-state index contributed by atoms with van der Waals surface area (Å²) < 4.78 is 1.94. The van der Waals surface area contributed by atoms with Gasteiger partial charge in [0.2, 0.25) is 5.91 Å². The van der Waals surface area contributed by atoms with E-state index in [0.717, 1.165) is 30.4 Å². The first-order valence-electron chi connectivity index (χ1n) is 7.83. The summed E-state index contributed by atoms with van der Waals surface area (Å²) in [6, 6.07) is 6.31. The van der Waals surface area contributed by atoms with Crippen molar-refractivity contribution in [2.24, 2.45) is 5.92 Å². The van der Waals surface area contributed by atoms with Crippen LogP contribution in [0, 0.1) is 12.8 Å². The fourth-order valence-electron chi connectivity index (χ4n) is 3.16. The van der Waals surface area contributed by atoms with Crippen LogP contribution in [0.5, 0.6) is 0 Å². The maximum Gasteiger partial charge on any atom is 0.224 e. The summed E-state index contributed by atoms with van der Waals surface area (Å²) in [4.78, 5) is 14.3. The SMILES string of the molecule is Cc1ccc2c(cnn2CCC(=O)N2CCCC(C)C2)c1. The Morgan fingerprint density at radius 2 is 2.29 bits per heavy atom. The van der Waals surface area contributed by atoms with Gasteiger partial charge in [-0.1, -0.05) is 18.6 Å². The molecule has 3 rings (SSSR count). The molecule has 1 aliphatic rings. The monoisotopic (exact) mass is 285 g/mol. The number of aromatic nitrogens is 2. The minimum Gasteiger partial charge on any atom is -0.342 e. The molecule has 0 saturated carbocycles. The standard InChI is InChI=1S/C17H23N3O/c1-13-5-6-16-15(10-13)11-18-20(16)9-7-17(21)19-8-3-4-14(2)12-19/h5-6,10-11,14H,3-4,7-9,12H2,1-2H3. The van der Waals surface area contributed by atoms with E-state index in [1.54, 1.807) is 0 Å². The molecular weight excluding hydrogens is 262 g/mol. The molecule has 1 unspecified atom stereocenters. The van der Waals surface area contributed by atoms with Gasteiger partial charge in [0.25, 0.3) is 0 Å². The molecule has 1 aromatic heterocycles. The first-order valence-corrected chi connectivity index (χ1v) is 7.83. The molecule has 21 heavy (non-hydrogen) atoms. The molecule has 1 fully saturated rings. The molecule has 0 aliphatic carbocycles. The number of benzene rings is 1. The van der Waals surface area contributed by atoms with E-state index in [0.29, 0.717) is 18.9 Å². The van der Waals surface area contributed by atoms with Crippen LogP contribution < -0.4 is 0 Å². The van der Waals surface area contributed by atoms with E-state index < -0.39 is 0 Å². The van der Waals surface area contributed by atoms with Gasteiger partial charge in [-0.2, -0.15) is 5.10 Å². The van der Waals surface area contributed by atoms with Crippen LogP contribution in [-0.4, -0.2) is 33.7 Å². The van der Waals surface area contributed by atoms with E-state index in [2.05, 4.69) is 37.1 Å². The maximum atomic E-state index is 12.3. The highest BCUT2D eigenvalue weighted by Crippen LogP contribution is 2.18. The van der Waals surface area contributed by atoms with E-state index >= 15 is 0 Å². The number of likely N-dealkylation sites (tertiary alicyclic amines) is 1. The molecule has 112 valence electrons. The maximum absolute atomic E-state index is 12.3. The van der Waals surface area contributed by atoms with Crippen molar-refractivity contribution in [1.29, 1.82) is 0 Å². The first kappa shape index (κ1) is 14.1. The summed E-state index contributed by atoms with van der Waals surface area (Å²) in [6.07, 6.45) is 4.80. The van der Waals surface area contributed by atoms with Gasteiger partial charge in [0, 0.05) is 24.9 Å². The second-order valence-corrected chi connectivity index (χ2v) is 6.27. The van der Waals surface area contributed by atoms with Gasteiger partial charge in [-0.05, 0) is 37.8 Å². The largest absolute Gasteiger partial charge is 0.342 e. The minimum atomic E-state index is 0.261. The van der Waals surface area contributed by atoms with Crippen LogP contribution >= 0.6 is 0 Å². The number of hydrogen-bond donors (Lipinski definition) is 0. The molecule has 4 heteroatoms. The first-order chi connectivity index (χ1) is 10.1. The topological polar surface area (TPSA) is 38.1 Å². The summed E-state index contributed by atoms with van der Waals surface area (Å²) in [5.41, 5.74) is 2.35. The van der Waals surface area contributed by atoms with Crippen LogP contribution in [0.3, 0.4) is 0 Å². The molecule has 0 N–H and O–H groups in total. The number of amides is 1. The fourth-order valence-corrected chi connectivity index (χ4v) is 3.16. The number of rotatable bonds is 3. The van der Waals surface area contributed by atoms with Crippen LogP contribution in [0.4, 0.5) is 0 Å². The summed E-state index contributed by atoms with van der Waals surface area (Å²) >= 11 is 0. The molecule has 2 heterocycles. The Hall–Kier alpha value is -1.84. The molecule has 4 nitrogen and oxygen atoms in total. The van der Waals surface area contributed by atoms with Gasteiger partial charge >= 0.3 is 0 Å². The third kappa shape index (κ3) is 3.09. The summed E-state index contributed by atoms with van der Waals surface area (Å²) in [5.74, 6) is 0.897. The van der Waals surface area contributed by atoms with Crippen molar-refractivity contribution in [1.82, 2.24) is 14.7 Å². The third-order valence-corrected chi connectivity index (χ3v) is 4.34. The second-order valence-electron chi connectivity index (χ2n) is 6.27. The van der Waals surface area contributed by atoms with Gasteiger partial charge in [0.05, 0.1) is 18.3 Å². The lowest BCUT2D eigenvalue weighted by Crippen LogP contribution is -2.39. The lowest BCUT2D eigenvalue weighted by molar-refractivity contribution is -0.133. The Morgan fingerprint density at radius 1 is 1.43 bits per heavy atom. The zero-order valence-electron chi connectivity index (χ0n) is 12.9. The molecule has 0 bridgehead atoms. The highest BCUT2D eigenvalue weighted by Gasteiger charge is 2.20. The molecule has 0 radical (unpaired) electrons. The normalized spacial score (nSPS) is 19.1. The highest BCUT2D eigenvalue weighted by molar-refractivity contribution is 5.80. The molecule has 1 atom stereocenters. The van der Waals surface area contributed by atoms with E-state index in [-0.39, 0.29) is 5.91 Å².